The summed E-state index contributed by atoms with van der Waals surface area (Å²) in [5.74, 6) is -0.882. The first-order valence-corrected chi connectivity index (χ1v) is 9.98. The smallest absolute Gasteiger partial charge is 0.141 e. The highest BCUT2D eigenvalue weighted by molar-refractivity contribution is 5.61. The number of rotatable bonds is 4. The first-order chi connectivity index (χ1) is 14.4. The Hall–Kier alpha value is -2.90. The SMILES string of the molecule is OC(C[C@]1(O)CCC2=Cc3c(cnn3-c3ccc(F)cc3)CC21)c1ccc(F)cn1. The van der Waals surface area contributed by atoms with Crippen molar-refractivity contribution in [2.24, 2.45) is 5.92 Å². The van der Waals surface area contributed by atoms with Gasteiger partial charge in [0.1, 0.15) is 11.6 Å². The van der Waals surface area contributed by atoms with Crippen molar-refractivity contribution in [2.75, 3.05) is 0 Å². The molecule has 2 N–H and O–H groups in total. The third-order valence-electron chi connectivity index (χ3n) is 6.28. The summed E-state index contributed by atoms with van der Waals surface area (Å²) in [4.78, 5) is 3.94. The van der Waals surface area contributed by atoms with Crippen LogP contribution in [0.2, 0.25) is 0 Å². The predicted molar refractivity (Wildman–Crippen MR) is 107 cm³/mol. The summed E-state index contributed by atoms with van der Waals surface area (Å²) >= 11 is 0. The van der Waals surface area contributed by atoms with Crippen LogP contribution in [0.15, 0.2) is 54.4 Å². The Morgan fingerprint density at radius 3 is 2.60 bits per heavy atom. The number of hydrogen-bond acceptors (Lipinski definition) is 4. The molecular weight excluding hydrogens is 388 g/mol. The zero-order valence-electron chi connectivity index (χ0n) is 16.2. The Morgan fingerprint density at radius 2 is 1.87 bits per heavy atom. The summed E-state index contributed by atoms with van der Waals surface area (Å²) in [7, 11) is 0. The summed E-state index contributed by atoms with van der Waals surface area (Å²) in [6.07, 6.45) is 5.94. The Morgan fingerprint density at radius 1 is 1.10 bits per heavy atom. The number of fused-ring (bicyclic) bond motifs is 2. The molecule has 2 aliphatic carbocycles. The Balaban J connectivity index is 1.40. The lowest BCUT2D eigenvalue weighted by atomic mass is 9.77. The van der Waals surface area contributed by atoms with E-state index >= 15 is 0 Å². The molecule has 5 nitrogen and oxygen atoms in total. The van der Waals surface area contributed by atoms with Crippen LogP contribution in [-0.2, 0) is 6.42 Å². The van der Waals surface area contributed by atoms with E-state index in [9.17, 15) is 19.0 Å². The van der Waals surface area contributed by atoms with Crippen molar-refractivity contribution in [1.29, 1.82) is 0 Å². The van der Waals surface area contributed by atoms with E-state index in [0.29, 0.717) is 18.5 Å². The minimum Gasteiger partial charge on any atom is -0.389 e. The number of nitrogens with zero attached hydrogens (tertiary/aromatic N) is 3. The molecule has 154 valence electrons. The van der Waals surface area contributed by atoms with Crippen LogP contribution in [0.3, 0.4) is 0 Å². The standard InChI is InChI=1S/C23H21F2N3O2/c24-16-1-4-18(5-2-16)28-21-10-14-7-8-23(30,19(14)9-15(21)12-27-28)11-22(29)20-6-3-17(25)13-26-20/h1-6,10,12-13,19,22,29-30H,7-9,11H2/t19?,22?,23-/m1/s1. The summed E-state index contributed by atoms with van der Waals surface area (Å²) < 4.78 is 28.2. The van der Waals surface area contributed by atoms with Crippen LogP contribution in [0.4, 0.5) is 8.78 Å². The number of benzene rings is 1. The molecule has 0 amide bonds. The fourth-order valence-corrected chi connectivity index (χ4v) is 4.70. The summed E-state index contributed by atoms with van der Waals surface area (Å²) in [5, 5.41) is 26.4. The van der Waals surface area contributed by atoms with Gasteiger partial charge in [0, 0.05) is 12.3 Å². The van der Waals surface area contributed by atoms with E-state index in [4.69, 9.17) is 0 Å². The molecule has 2 aliphatic rings. The van der Waals surface area contributed by atoms with Crippen LogP contribution in [-0.4, -0.2) is 30.6 Å². The number of aliphatic hydroxyl groups excluding tert-OH is 1. The van der Waals surface area contributed by atoms with Crippen LogP contribution in [0.25, 0.3) is 11.8 Å². The molecule has 30 heavy (non-hydrogen) atoms. The summed E-state index contributed by atoms with van der Waals surface area (Å²) in [5.41, 5.74) is 3.12. The third-order valence-corrected chi connectivity index (χ3v) is 6.28. The Kier molecular flexibility index (Phi) is 4.52. The summed E-state index contributed by atoms with van der Waals surface area (Å²) in [6, 6.07) is 8.88. The maximum atomic E-state index is 13.3. The molecular formula is C23H21F2N3O2. The monoisotopic (exact) mass is 409 g/mol. The number of halogens is 2. The van der Waals surface area contributed by atoms with Gasteiger partial charge in [0.05, 0.1) is 41.2 Å². The highest BCUT2D eigenvalue weighted by atomic mass is 19.1. The van der Waals surface area contributed by atoms with Gasteiger partial charge in [0.25, 0.3) is 0 Å². The minimum absolute atomic E-state index is 0.119. The number of pyridine rings is 1. The zero-order valence-corrected chi connectivity index (χ0v) is 16.2. The molecule has 0 saturated heterocycles. The lowest BCUT2D eigenvalue weighted by Gasteiger charge is -2.34. The van der Waals surface area contributed by atoms with E-state index in [1.54, 1.807) is 23.0 Å². The maximum absolute atomic E-state index is 13.3. The van der Waals surface area contributed by atoms with E-state index in [1.165, 1.54) is 24.3 Å². The minimum atomic E-state index is -1.07. The van der Waals surface area contributed by atoms with Gasteiger partial charge in [-0.1, -0.05) is 5.57 Å². The molecule has 0 aliphatic heterocycles. The van der Waals surface area contributed by atoms with Gasteiger partial charge in [-0.15, -0.1) is 0 Å². The maximum Gasteiger partial charge on any atom is 0.141 e. The average molecular weight is 409 g/mol. The van der Waals surface area contributed by atoms with Crippen molar-refractivity contribution >= 4 is 6.08 Å². The second-order valence-corrected chi connectivity index (χ2v) is 8.14. The van der Waals surface area contributed by atoms with Gasteiger partial charge in [-0.3, -0.25) is 4.98 Å². The number of aromatic nitrogens is 3. The van der Waals surface area contributed by atoms with E-state index in [1.807, 2.05) is 0 Å². The highest BCUT2D eigenvalue weighted by Crippen LogP contribution is 2.49. The molecule has 0 bridgehead atoms. The lowest BCUT2D eigenvalue weighted by Crippen LogP contribution is -2.37. The quantitative estimate of drug-likeness (QED) is 0.689. The van der Waals surface area contributed by atoms with Crippen molar-refractivity contribution in [3.8, 4) is 5.69 Å². The van der Waals surface area contributed by atoms with Crippen LogP contribution in [0.1, 0.15) is 42.3 Å². The lowest BCUT2D eigenvalue weighted by molar-refractivity contribution is -0.0360. The fourth-order valence-electron chi connectivity index (χ4n) is 4.70. The Bertz CT molecular complexity index is 1110. The van der Waals surface area contributed by atoms with Gasteiger partial charge in [-0.05, 0) is 67.3 Å². The largest absolute Gasteiger partial charge is 0.389 e. The number of aliphatic hydroxyl groups is 2. The molecule has 3 aromatic rings. The molecule has 1 aromatic carbocycles. The first kappa shape index (κ1) is 19.1. The molecule has 1 saturated carbocycles. The predicted octanol–water partition coefficient (Wildman–Crippen LogP) is 3.75. The molecule has 2 unspecified atom stereocenters. The number of hydrogen-bond donors (Lipinski definition) is 2. The van der Waals surface area contributed by atoms with Crippen molar-refractivity contribution in [1.82, 2.24) is 14.8 Å². The fraction of sp³-hybridized carbons (Fsp3) is 0.304. The second-order valence-electron chi connectivity index (χ2n) is 8.14. The van der Waals surface area contributed by atoms with Crippen molar-refractivity contribution in [2.45, 2.75) is 37.4 Å². The molecule has 7 heteroatoms. The third kappa shape index (κ3) is 3.24. The van der Waals surface area contributed by atoms with Crippen molar-refractivity contribution in [3.05, 3.63) is 83.0 Å². The zero-order chi connectivity index (χ0) is 20.9. The van der Waals surface area contributed by atoms with Gasteiger partial charge < -0.3 is 10.2 Å². The molecule has 1 fully saturated rings. The molecule has 2 aromatic heterocycles. The van der Waals surface area contributed by atoms with Crippen LogP contribution in [0.5, 0.6) is 0 Å². The molecule has 0 spiro atoms. The van der Waals surface area contributed by atoms with Gasteiger partial charge in [0.2, 0.25) is 0 Å². The van der Waals surface area contributed by atoms with E-state index in [0.717, 1.165) is 35.1 Å². The van der Waals surface area contributed by atoms with Crippen molar-refractivity contribution < 1.29 is 19.0 Å². The van der Waals surface area contributed by atoms with Gasteiger partial charge in [0.15, 0.2) is 0 Å². The molecule has 3 atom stereocenters. The highest BCUT2D eigenvalue weighted by Gasteiger charge is 2.47. The normalized spacial score (nSPS) is 23.6. The van der Waals surface area contributed by atoms with E-state index in [2.05, 4.69) is 16.2 Å². The van der Waals surface area contributed by atoms with Crippen LogP contribution >= 0.6 is 0 Å². The van der Waals surface area contributed by atoms with Gasteiger partial charge in [-0.25, -0.2) is 13.5 Å². The molecule has 2 heterocycles. The van der Waals surface area contributed by atoms with Crippen molar-refractivity contribution in [3.63, 3.8) is 0 Å². The van der Waals surface area contributed by atoms with E-state index in [-0.39, 0.29) is 18.2 Å². The van der Waals surface area contributed by atoms with Gasteiger partial charge >= 0.3 is 0 Å². The first-order valence-electron chi connectivity index (χ1n) is 9.98. The van der Waals surface area contributed by atoms with Crippen LogP contribution < -0.4 is 0 Å². The van der Waals surface area contributed by atoms with Crippen LogP contribution in [0, 0.1) is 17.6 Å². The summed E-state index contributed by atoms with van der Waals surface area (Å²) in [6.45, 7) is 0. The second kappa shape index (κ2) is 7.11. The Labute approximate surface area is 172 Å². The van der Waals surface area contributed by atoms with Gasteiger partial charge in [-0.2, -0.15) is 5.10 Å². The van der Waals surface area contributed by atoms with E-state index < -0.39 is 17.5 Å². The molecule has 5 rings (SSSR count). The average Bonchev–Trinajstić information content (AvgIpc) is 3.29. The molecule has 0 radical (unpaired) electrons. The topological polar surface area (TPSA) is 71.2 Å².